The van der Waals surface area contributed by atoms with Gasteiger partial charge in [0, 0.05) is 26.2 Å². The highest BCUT2D eigenvalue weighted by Gasteiger charge is 2.29. The Balaban J connectivity index is 1.84. The summed E-state index contributed by atoms with van der Waals surface area (Å²) in [7, 11) is -1.24. The molecule has 2 heterocycles. The molecule has 0 bridgehead atoms. The predicted molar refractivity (Wildman–Crippen MR) is 80.5 cm³/mol. The standard InChI is InChI=1S/C13H28N4O2S/c1-16-6-2-5-13(10-16)9-15-20(18,19)17-7-3-4-12(8-14)11-17/h12-13,15H,2-11,14H2,1H3. The minimum Gasteiger partial charge on any atom is -0.330 e. The van der Waals surface area contributed by atoms with Gasteiger partial charge in [0.2, 0.25) is 0 Å². The molecule has 0 aromatic heterocycles. The van der Waals surface area contributed by atoms with Gasteiger partial charge in [-0.2, -0.15) is 12.7 Å². The van der Waals surface area contributed by atoms with Gasteiger partial charge in [-0.25, -0.2) is 4.72 Å². The summed E-state index contributed by atoms with van der Waals surface area (Å²) in [5.74, 6) is 0.736. The van der Waals surface area contributed by atoms with Crippen LogP contribution in [0.2, 0.25) is 0 Å². The molecule has 0 radical (unpaired) electrons. The Kier molecular flexibility index (Phi) is 5.80. The Labute approximate surface area is 122 Å². The summed E-state index contributed by atoms with van der Waals surface area (Å²) in [6, 6.07) is 0. The third-order valence-corrected chi connectivity index (χ3v) is 5.97. The lowest BCUT2D eigenvalue weighted by Crippen LogP contribution is -2.49. The molecule has 0 amide bonds. The van der Waals surface area contributed by atoms with E-state index in [9.17, 15) is 8.42 Å². The molecular formula is C13H28N4O2S. The first-order chi connectivity index (χ1) is 9.51. The molecule has 2 saturated heterocycles. The van der Waals surface area contributed by atoms with Gasteiger partial charge < -0.3 is 10.6 Å². The van der Waals surface area contributed by atoms with Gasteiger partial charge in [-0.05, 0) is 57.7 Å². The SMILES string of the molecule is CN1CCCC(CNS(=O)(=O)N2CCCC(CN)C2)C1. The van der Waals surface area contributed by atoms with E-state index in [1.165, 1.54) is 0 Å². The second-order valence-electron chi connectivity index (χ2n) is 6.23. The molecule has 2 aliphatic heterocycles. The number of nitrogens with zero attached hydrogens (tertiary/aromatic N) is 2. The lowest BCUT2D eigenvalue weighted by molar-refractivity contribution is 0.209. The van der Waals surface area contributed by atoms with Crippen molar-refractivity contribution in [2.75, 3.05) is 46.3 Å². The summed E-state index contributed by atoms with van der Waals surface area (Å²) in [5, 5.41) is 0. The van der Waals surface area contributed by atoms with Gasteiger partial charge in [-0.15, -0.1) is 0 Å². The van der Waals surface area contributed by atoms with Crippen molar-refractivity contribution in [2.24, 2.45) is 17.6 Å². The molecule has 0 aliphatic carbocycles. The maximum Gasteiger partial charge on any atom is 0.279 e. The zero-order chi connectivity index (χ0) is 14.6. The Morgan fingerprint density at radius 2 is 1.85 bits per heavy atom. The van der Waals surface area contributed by atoms with Crippen LogP contribution in [-0.4, -0.2) is 63.9 Å². The van der Waals surface area contributed by atoms with Gasteiger partial charge in [0.1, 0.15) is 0 Å². The predicted octanol–water partition coefficient (Wildman–Crippen LogP) is -0.167. The van der Waals surface area contributed by atoms with E-state index in [2.05, 4.69) is 16.7 Å². The highest BCUT2D eigenvalue weighted by Crippen LogP contribution is 2.18. The summed E-state index contributed by atoms with van der Waals surface area (Å²) < 4.78 is 29.0. The molecule has 2 atom stereocenters. The largest absolute Gasteiger partial charge is 0.330 e. The average molecular weight is 304 g/mol. The number of likely N-dealkylation sites (tertiary alicyclic amines) is 1. The zero-order valence-corrected chi connectivity index (χ0v) is 13.2. The Hall–Kier alpha value is -0.210. The van der Waals surface area contributed by atoms with Crippen LogP contribution in [0.25, 0.3) is 0 Å². The molecule has 2 unspecified atom stereocenters. The van der Waals surface area contributed by atoms with Crippen molar-refractivity contribution in [1.82, 2.24) is 13.9 Å². The topological polar surface area (TPSA) is 78.7 Å². The Bertz CT molecular complexity index is 401. The van der Waals surface area contributed by atoms with Gasteiger partial charge in [0.15, 0.2) is 0 Å². The molecule has 0 aromatic carbocycles. The summed E-state index contributed by atoms with van der Waals surface area (Å²) >= 11 is 0. The fourth-order valence-corrected chi connectivity index (χ4v) is 4.60. The van der Waals surface area contributed by atoms with Gasteiger partial charge in [-0.3, -0.25) is 0 Å². The first kappa shape index (κ1) is 16.2. The fourth-order valence-electron chi connectivity index (χ4n) is 3.19. The van der Waals surface area contributed by atoms with Crippen LogP contribution in [-0.2, 0) is 10.2 Å². The Morgan fingerprint density at radius 1 is 1.15 bits per heavy atom. The summed E-state index contributed by atoms with van der Waals surface area (Å²) in [5.41, 5.74) is 5.67. The molecule has 20 heavy (non-hydrogen) atoms. The van der Waals surface area contributed by atoms with E-state index in [0.717, 1.165) is 38.8 Å². The molecule has 7 heteroatoms. The van der Waals surface area contributed by atoms with Gasteiger partial charge >= 0.3 is 0 Å². The van der Waals surface area contributed by atoms with Crippen LogP contribution >= 0.6 is 0 Å². The van der Waals surface area contributed by atoms with Crippen LogP contribution in [0.3, 0.4) is 0 Å². The quantitative estimate of drug-likeness (QED) is 0.739. The van der Waals surface area contributed by atoms with Gasteiger partial charge in [-0.1, -0.05) is 0 Å². The highest BCUT2D eigenvalue weighted by atomic mass is 32.2. The minimum absolute atomic E-state index is 0.307. The van der Waals surface area contributed by atoms with E-state index >= 15 is 0 Å². The number of piperidine rings is 2. The van der Waals surface area contributed by atoms with E-state index in [0.29, 0.717) is 38.0 Å². The lowest BCUT2D eigenvalue weighted by Gasteiger charge is -2.33. The van der Waals surface area contributed by atoms with E-state index in [1.807, 2.05) is 0 Å². The van der Waals surface area contributed by atoms with E-state index in [1.54, 1.807) is 4.31 Å². The monoisotopic (exact) mass is 304 g/mol. The third kappa shape index (κ3) is 4.39. The van der Waals surface area contributed by atoms with Gasteiger partial charge in [0.05, 0.1) is 0 Å². The number of nitrogens with one attached hydrogen (secondary N) is 1. The number of nitrogens with two attached hydrogens (primary N) is 1. The maximum atomic E-state index is 12.3. The number of hydrogen-bond acceptors (Lipinski definition) is 4. The second kappa shape index (κ2) is 7.17. The molecule has 6 nitrogen and oxygen atoms in total. The normalized spacial score (nSPS) is 30.5. The summed E-state index contributed by atoms with van der Waals surface area (Å²) in [4.78, 5) is 2.27. The first-order valence-electron chi connectivity index (χ1n) is 7.64. The molecule has 118 valence electrons. The molecule has 3 N–H and O–H groups in total. The van der Waals surface area contributed by atoms with E-state index < -0.39 is 10.2 Å². The lowest BCUT2D eigenvalue weighted by atomic mass is 9.99. The molecule has 0 spiro atoms. The molecule has 0 saturated carbocycles. The first-order valence-corrected chi connectivity index (χ1v) is 9.08. The molecule has 2 fully saturated rings. The Morgan fingerprint density at radius 3 is 2.55 bits per heavy atom. The summed E-state index contributed by atoms with van der Waals surface area (Å²) in [6.07, 6.45) is 4.21. The van der Waals surface area contributed by atoms with Gasteiger partial charge in [0.25, 0.3) is 10.2 Å². The van der Waals surface area contributed by atoms with E-state index in [-0.39, 0.29) is 0 Å². The maximum absolute atomic E-state index is 12.3. The molecule has 2 rings (SSSR count). The van der Waals surface area contributed by atoms with Crippen LogP contribution in [0.4, 0.5) is 0 Å². The second-order valence-corrected chi connectivity index (χ2v) is 7.98. The zero-order valence-electron chi connectivity index (χ0n) is 12.4. The molecular weight excluding hydrogens is 276 g/mol. The average Bonchev–Trinajstić information content (AvgIpc) is 2.45. The molecule has 2 aliphatic rings. The van der Waals surface area contributed by atoms with Crippen molar-refractivity contribution < 1.29 is 8.42 Å². The smallest absolute Gasteiger partial charge is 0.279 e. The number of hydrogen-bond donors (Lipinski definition) is 2. The summed E-state index contributed by atoms with van der Waals surface area (Å²) in [6.45, 7) is 4.41. The van der Waals surface area contributed by atoms with Crippen molar-refractivity contribution in [3.8, 4) is 0 Å². The van der Waals surface area contributed by atoms with Crippen LogP contribution < -0.4 is 10.5 Å². The highest BCUT2D eigenvalue weighted by molar-refractivity contribution is 7.87. The van der Waals surface area contributed by atoms with Crippen molar-refractivity contribution in [3.05, 3.63) is 0 Å². The fraction of sp³-hybridized carbons (Fsp3) is 1.00. The van der Waals surface area contributed by atoms with Crippen molar-refractivity contribution in [1.29, 1.82) is 0 Å². The van der Waals surface area contributed by atoms with E-state index in [4.69, 9.17) is 5.73 Å². The van der Waals surface area contributed by atoms with Crippen molar-refractivity contribution >= 4 is 10.2 Å². The van der Waals surface area contributed by atoms with Crippen LogP contribution in [0.5, 0.6) is 0 Å². The minimum atomic E-state index is -3.33. The number of rotatable bonds is 5. The third-order valence-electron chi connectivity index (χ3n) is 4.43. The van der Waals surface area contributed by atoms with Crippen LogP contribution in [0.15, 0.2) is 0 Å². The van der Waals surface area contributed by atoms with Crippen LogP contribution in [0, 0.1) is 11.8 Å². The van der Waals surface area contributed by atoms with Crippen molar-refractivity contribution in [3.63, 3.8) is 0 Å². The van der Waals surface area contributed by atoms with Crippen molar-refractivity contribution in [2.45, 2.75) is 25.7 Å². The molecule has 0 aromatic rings. The van der Waals surface area contributed by atoms with Crippen LogP contribution in [0.1, 0.15) is 25.7 Å².